The number of fused-ring (bicyclic) bond motifs is 1. The van der Waals surface area contributed by atoms with E-state index in [4.69, 9.17) is 4.74 Å². The molecular weight excluding hydrogens is 314 g/mol. The summed E-state index contributed by atoms with van der Waals surface area (Å²) < 4.78 is 33.1. The molecule has 7 heteroatoms. The van der Waals surface area contributed by atoms with Gasteiger partial charge in [-0.3, -0.25) is 4.98 Å². The van der Waals surface area contributed by atoms with Crippen LogP contribution in [0.5, 0.6) is 5.75 Å². The molecule has 2 heterocycles. The van der Waals surface area contributed by atoms with E-state index in [0.717, 1.165) is 16.7 Å². The number of aromatic nitrogens is 1. The lowest BCUT2D eigenvalue weighted by molar-refractivity contribution is 0.134. The fourth-order valence-corrected chi connectivity index (χ4v) is 3.90. The summed E-state index contributed by atoms with van der Waals surface area (Å²) in [6.45, 7) is 0.951. The Labute approximate surface area is 136 Å². The molecule has 1 aromatic heterocycles. The third-order valence-corrected chi connectivity index (χ3v) is 6.02. The van der Waals surface area contributed by atoms with Crippen molar-refractivity contribution in [3.8, 4) is 5.75 Å². The molecule has 1 fully saturated rings. The van der Waals surface area contributed by atoms with Gasteiger partial charge in [0.1, 0.15) is 17.4 Å². The van der Waals surface area contributed by atoms with Gasteiger partial charge in [0, 0.05) is 38.8 Å². The molecule has 2 aromatic rings. The normalized spacial score (nSPS) is 17.7. The second kappa shape index (κ2) is 6.43. The molecule has 0 radical (unpaired) electrons. The van der Waals surface area contributed by atoms with Crippen molar-refractivity contribution >= 4 is 21.1 Å². The number of ether oxygens (including phenoxy) is 1. The highest BCUT2D eigenvalue weighted by Gasteiger charge is 2.30. The molecule has 1 aliphatic rings. The molecule has 23 heavy (non-hydrogen) atoms. The molecule has 0 bridgehead atoms. The maximum atomic E-state index is 12.1. The Morgan fingerprint density at radius 3 is 2.57 bits per heavy atom. The maximum absolute atomic E-state index is 12.1. The summed E-state index contributed by atoms with van der Waals surface area (Å²) in [6.07, 6.45) is 3.12. The van der Waals surface area contributed by atoms with Crippen LogP contribution >= 0.6 is 0 Å². The minimum Gasteiger partial charge on any atom is -0.488 e. The average molecular weight is 335 g/mol. The Kier molecular flexibility index (Phi) is 4.52. The van der Waals surface area contributed by atoms with Crippen molar-refractivity contribution in [1.82, 2.24) is 13.6 Å². The Bertz CT molecular complexity index is 779. The smallest absolute Gasteiger partial charge is 0.281 e. The lowest BCUT2D eigenvalue weighted by Gasteiger charge is -2.32. The van der Waals surface area contributed by atoms with Crippen LogP contribution in [0.2, 0.25) is 0 Å². The number of para-hydroxylation sites is 1. The number of benzene rings is 1. The number of rotatable bonds is 4. The summed E-state index contributed by atoms with van der Waals surface area (Å²) in [6, 6.07) is 9.77. The Balaban J connectivity index is 1.69. The van der Waals surface area contributed by atoms with Crippen molar-refractivity contribution in [2.24, 2.45) is 0 Å². The van der Waals surface area contributed by atoms with Crippen LogP contribution in [-0.4, -0.2) is 55.3 Å². The highest BCUT2D eigenvalue weighted by atomic mass is 32.2. The van der Waals surface area contributed by atoms with Crippen LogP contribution in [0.4, 0.5) is 0 Å². The average Bonchev–Trinajstić information content (AvgIpc) is 2.55. The molecule has 0 aliphatic carbocycles. The number of hydrogen-bond donors (Lipinski definition) is 0. The third kappa shape index (κ3) is 3.31. The standard InChI is InChI=1S/C16H21N3O3S/c1-18(2)23(20,21)19-11-8-14(9-12-19)22-15-7-3-5-13-6-4-10-17-16(13)15/h3-7,10,14H,8-9,11-12H2,1-2H3. The molecule has 0 unspecified atom stereocenters. The monoisotopic (exact) mass is 335 g/mol. The quantitative estimate of drug-likeness (QED) is 0.856. The van der Waals surface area contributed by atoms with E-state index < -0.39 is 10.2 Å². The van der Waals surface area contributed by atoms with E-state index in [9.17, 15) is 8.42 Å². The lowest BCUT2D eigenvalue weighted by atomic mass is 10.1. The van der Waals surface area contributed by atoms with Gasteiger partial charge in [-0.25, -0.2) is 0 Å². The highest BCUT2D eigenvalue weighted by Crippen LogP contribution is 2.27. The fraction of sp³-hybridized carbons (Fsp3) is 0.438. The first-order chi connectivity index (χ1) is 11.0. The second-order valence-corrected chi connectivity index (χ2v) is 7.98. The topological polar surface area (TPSA) is 62.7 Å². The van der Waals surface area contributed by atoms with Crippen molar-refractivity contribution in [3.05, 3.63) is 36.5 Å². The maximum Gasteiger partial charge on any atom is 0.281 e. The summed E-state index contributed by atoms with van der Waals surface area (Å²) in [7, 11) is -0.222. The van der Waals surface area contributed by atoms with Crippen molar-refractivity contribution in [2.45, 2.75) is 18.9 Å². The summed E-state index contributed by atoms with van der Waals surface area (Å²) in [5, 5.41) is 1.04. The van der Waals surface area contributed by atoms with Crippen LogP contribution in [0.15, 0.2) is 36.5 Å². The van der Waals surface area contributed by atoms with Crippen LogP contribution in [0.1, 0.15) is 12.8 Å². The molecule has 0 spiro atoms. The van der Waals surface area contributed by atoms with E-state index >= 15 is 0 Å². The van der Waals surface area contributed by atoms with Crippen LogP contribution in [0, 0.1) is 0 Å². The van der Waals surface area contributed by atoms with Crippen molar-refractivity contribution < 1.29 is 13.2 Å². The summed E-state index contributed by atoms with van der Waals surface area (Å²) in [5.74, 6) is 0.761. The van der Waals surface area contributed by atoms with Gasteiger partial charge in [0.05, 0.1) is 0 Å². The lowest BCUT2D eigenvalue weighted by Crippen LogP contribution is -2.46. The summed E-state index contributed by atoms with van der Waals surface area (Å²) >= 11 is 0. The zero-order chi connectivity index (χ0) is 16.4. The number of piperidine rings is 1. The van der Waals surface area contributed by atoms with E-state index in [0.29, 0.717) is 25.9 Å². The number of hydrogen-bond acceptors (Lipinski definition) is 4. The van der Waals surface area contributed by atoms with E-state index in [1.54, 1.807) is 20.3 Å². The predicted octanol–water partition coefficient (Wildman–Crippen LogP) is 1.88. The molecule has 1 aliphatic heterocycles. The van der Waals surface area contributed by atoms with Crippen LogP contribution in [0.3, 0.4) is 0 Å². The van der Waals surface area contributed by atoms with Crippen LogP contribution in [-0.2, 0) is 10.2 Å². The fourth-order valence-electron chi connectivity index (χ4n) is 2.76. The molecule has 3 rings (SSSR count). The summed E-state index contributed by atoms with van der Waals surface area (Å²) in [5.41, 5.74) is 0.846. The first kappa shape index (κ1) is 16.2. The Morgan fingerprint density at radius 2 is 1.87 bits per heavy atom. The molecule has 0 N–H and O–H groups in total. The van der Waals surface area contributed by atoms with Crippen molar-refractivity contribution in [2.75, 3.05) is 27.2 Å². The van der Waals surface area contributed by atoms with Crippen molar-refractivity contribution in [3.63, 3.8) is 0 Å². The van der Waals surface area contributed by atoms with Gasteiger partial charge >= 0.3 is 0 Å². The highest BCUT2D eigenvalue weighted by molar-refractivity contribution is 7.86. The van der Waals surface area contributed by atoms with E-state index in [1.165, 1.54) is 8.61 Å². The van der Waals surface area contributed by atoms with Gasteiger partial charge < -0.3 is 4.74 Å². The first-order valence-corrected chi connectivity index (χ1v) is 9.06. The number of nitrogens with zero attached hydrogens (tertiary/aromatic N) is 3. The minimum absolute atomic E-state index is 0.0104. The molecule has 1 saturated heterocycles. The van der Waals surface area contributed by atoms with Gasteiger partial charge in [0.15, 0.2) is 0 Å². The zero-order valence-corrected chi connectivity index (χ0v) is 14.2. The van der Waals surface area contributed by atoms with Gasteiger partial charge in [0.25, 0.3) is 10.2 Å². The van der Waals surface area contributed by atoms with Gasteiger partial charge in [-0.15, -0.1) is 0 Å². The van der Waals surface area contributed by atoms with Gasteiger partial charge in [-0.05, 0) is 25.0 Å². The van der Waals surface area contributed by atoms with Gasteiger partial charge in [-0.2, -0.15) is 17.0 Å². The predicted molar refractivity (Wildman–Crippen MR) is 89.6 cm³/mol. The molecule has 0 amide bonds. The second-order valence-electron chi connectivity index (χ2n) is 5.84. The molecule has 124 valence electrons. The number of pyridine rings is 1. The van der Waals surface area contributed by atoms with Gasteiger partial charge in [0.2, 0.25) is 0 Å². The largest absolute Gasteiger partial charge is 0.488 e. The van der Waals surface area contributed by atoms with E-state index in [2.05, 4.69) is 4.98 Å². The Hall–Kier alpha value is -1.70. The molecule has 0 atom stereocenters. The SMILES string of the molecule is CN(C)S(=O)(=O)N1CCC(Oc2cccc3cccnc23)CC1. The molecule has 0 saturated carbocycles. The van der Waals surface area contributed by atoms with Crippen molar-refractivity contribution in [1.29, 1.82) is 0 Å². The van der Waals surface area contributed by atoms with Crippen LogP contribution < -0.4 is 4.74 Å². The molecule has 6 nitrogen and oxygen atoms in total. The van der Waals surface area contributed by atoms with Gasteiger partial charge in [-0.1, -0.05) is 18.2 Å². The van der Waals surface area contributed by atoms with E-state index in [-0.39, 0.29) is 6.10 Å². The van der Waals surface area contributed by atoms with Crippen LogP contribution in [0.25, 0.3) is 10.9 Å². The third-order valence-electron chi connectivity index (χ3n) is 4.08. The molecule has 1 aromatic carbocycles. The van der Waals surface area contributed by atoms with E-state index in [1.807, 2.05) is 30.3 Å². The Morgan fingerprint density at radius 1 is 1.17 bits per heavy atom. The molecular formula is C16H21N3O3S. The summed E-state index contributed by atoms with van der Waals surface area (Å²) in [4.78, 5) is 4.39. The first-order valence-electron chi connectivity index (χ1n) is 7.66. The minimum atomic E-state index is -3.33. The zero-order valence-electron chi connectivity index (χ0n) is 13.3.